The first-order valence-corrected chi connectivity index (χ1v) is 9.30. The van der Waals surface area contributed by atoms with Crippen LogP contribution in [0.25, 0.3) is 0 Å². The van der Waals surface area contributed by atoms with Crippen molar-refractivity contribution < 1.29 is 13.9 Å². The number of rotatable bonds is 5. The minimum Gasteiger partial charge on any atom is -0.371 e. The summed E-state index contributed by atoms with van der Waals surface area (Å²) in [5.41, 5.74) is 0.884. The van der Waals surface area contributed by atoms with E-state index >= 15 is 0 Å². The van der Waals surface area contributed by atoms with E-state index in [-0.39, 0.29) is 16.9 Å². The van der Waals surface area contributed by atoms with Crippen LogP contribution in [0, 0.1) is 33.8 Å². The lowest BCUT2D eigenvalue weighted by Gasteiger charge is -2.72. The minimum atomic E-state index is -0.795. The third-order valence-electron chi connectivity index (χ3n) is 6.37. The van der Waals surface area contributed by atoms with Gasteiger partial charge in [-0.2, -0.15) is 15.5 Å². The van der Waals surface area contributed by atoms with E-state index in [0.717, 1.165) is 31.9 Å². The summed E-state index contributed by atoms with van der Waals surface area (Å²) in [7, 11) is 0. The second-order valence-corrected chi connectivity index (χ2v) is 8.44. The van der Waals surface area contributed by atoms with Gasteiger partial charge in [-0.1, -0.05) is 0 Å². The maximum absolute atomic E-state index is 13.6. The molecule has 0 spiro atoms. The minimum absolute atomic E-state index is 0.101. The molecule has 2 aromatic rings. The molecule has 1 aromatic heterocycles. The smallest absolute Gasteiger partial charge is 0.148 e. The van der Waals surface area contributed by atoms with Crippen molar-refractivity contribution in [1.29, 1.82) is 5.26 Å². The van der Waals surface area contributed by atoms with Gasteiger partial charge in [0.2, 0.25) is 0 Å². The van der Waals surface area contributed by atoms with Gasteiger partial charge in [0.1, 0.15) is 23.9 Å². The fourth-order valence-corrected chi connectivity index (χ4v) is 5.38. The Balaban J connectivity index is 1.28. The standard InChI is InChI=1S/C20H19F2N5O/c21-15-3-14(4-16(22)5-15)17-1-2-24-27(17)18(28)20-9-19(10-20,11-20)12-26-8-13(6-23)7-25-26/h2-5,7-8,17-18,28H,1,9-12H2. The third kappa shape index (κ3) is 2.53. The Kier molecular flexibility index (Phi) is 3.62. The lowest BCUT2D eigenvalue weighted by molar-refractivity contribution is -0.297. The molecule has 2 atom stereocenters. The van der Waals surface area contributed by atoms with Crippen LogP contribution in [-0.2, 0) is 6.54 Å². The summed E-state index contributed by atoms with van der Waals surface area (Å²) in [6, 6.07) is 5.16. The SMILES string of the molecule is N#Cc1cnn(CC23CC(C(O)N4N=CCC4c4cc(F)cc(F)c4)(C2)C3)c1. The summed E-state index contributed by atoms with van der Waals surface area (Å²) in [6.45, 7) is 0.727. The molecule has 1 aromatic carbocycles. The molecule has 2 unspecified atom stereocenters. The van der Waals surface area contributed by atoms with Crippen LogP contribution < -0.4 is 0 Å². The number of nitriles is 1. The lowest BCUT2D eigenvalue weighted by atomic mass is 9.34. The largest absolute Gasteiger partial charge is 0.371 e. The highest BCUT2D eigenvalue weighted by Crippen LogP contribution is 2.75. The van der Waals surface area contributed by atoms with Crippen molar-refractivity contribution in [3.05, 3.63) is 53.4 Å². The number of hydrogen-bond acceptors (Lipinski definition) is 5. The zero-order valence-electron chi connectivity index (χ0n) is 15.1. The van der Waals surface area contributed by atoms with Crippen LogP contribution in [-0.4, -0.2) is 32.3 Å². The van der Waals surface area contributed by atoms with Gasteiger partial charge in [0.15, 0.2) is 0 Å². The van der Waals surface area contributed by atoms with Crippen LogP contribution in [0.2, 0.25) is 0 Å². The number of hydrogen-bond donors (Lipinski definition) is 1. The molecule has 1 N–H and O–H groups in total. The quantitative estimate of drug-likeness (QED) is 0.861. The predicted octanol–water partition coefficient (Wildman–Crippen LogP) is 2.95. The van der Waals surface area contributed by atoms with Crippen LogP contribution in [0.5, 0.6) is 0 Å². The Bertz CT molecular complexity index is 970. The normalized spacial score (nSPS) is 31.2. The average Bonchev–Trinajstić information content (AvgIpc) is 3.24. The molecule has 1 aliphatic heterocycles. The van der Waals surface area contributed by atoms with Crippen molar-refractivity contribution in [2.75, 3.05) is 0 Å². The molecule has 4 aliphatic rings. The van der Waals surface area contributed by atoms with Gasteiger partial charge in [0.25, 0.3) is 0 Å². The summed E-state index contributed by atoms with van der Waals surface area (Å²) in [6.07, 6.45) is 7.23. The summed E-state index contributed by atoms with van der Waals surface area (Å²) in [4.78, 5) is 0. The van der Waals surface area contributed by atoms with Gasteiger partial charge >= 0.3 is 0 Å². The topological polar surface area (TPSA) is 77.4 Å². The maximum atomic E-state index is 13.6. The Morgan fingerprint density at radius 1 is 1.25 bits per heavy atom. The highest BCUT2D eigenvalue weighted by atomic mass is 19.1. The molecule has 6 nitrogen and oxygen atoms in total. The second-order valence-electron chi connectivity index (χ2n) is 8.44. The van der Waals surface area contributed by atoms with Crippen molar-refractivity contribution in [2.45, 2.75) is 44.5 Å². The van der Waals surface area contributed by atoms with E-state index in [4.69, 9.17) is 5.26 Å². The maximum Gasteiger partial charge on any atom is 0.148 e. The van der Waals surface area contributed by atoms with E-state index in [1.165, 1.54) is 12.1 Å². The van der Waals surface area contributed by atoms with Crippen molar-refractivity contribution in [3.8, 4) is 6.07 Å². The van der Waals surface area contributed by atoms with E-state index < -0.39 is 17.9 Å². The molecule has 3 aliphatic carbocycles. The van der Waals surface area contributed by atoms with Gasteiger partial charge in [0, 0.05) is 36.9 Å². The molecule has 3 fully saturated rings. The molecule has 8 heteroatoms. The highest BCUT2D eigenvalue weighted by Gasteiger charge is 2.71. The molecule has 2 bridgehead atoms. The number of aliphatic hydroxyl groups excluding tert-OH is 1. The summed E-state index contributed by atoms with van der Waals surface area (Å²) in [5, 5.41) is 30.1. The monoisotopic (exact) mass is 383 g/mol. The number of aliphatic hydroxyl groups is 1. The van der Waals surface area contributed by atoms with Crippen molar-refractivity contribution in [2.24, 2.45) is 15.9 Å². The number of halogens is 2. The Labute approximate surface area is 160 Å². The Morgan fingerprint density at radius 3 is 2.61 bits per heavy atom. The zero-order chi connectivity index (χ0) is 19.5. The average molecular weight is 383 g/mol. The summed E-state index contributed by atoms with van der Waals surface area (Å²) < 4.78 is 29.0. The molecule has 0 amide bonds. The van der Waals surface area contributed by atoms with Crippen molar-refractivity contribution >= 4 is 6.21 Å². The molecule has 0 radical (unpaired) electrons. The second kappa shape index (κ2) is 5.85. The number of hydrazone groups is 1. The zero-order valence-corrected chi connectivity index (χ0v) is 15.1. The fraction of sp³-hybridized carbons (Fsp3) is 0.450. The molecular formula is C20H19F2N5O. The van der Waals surface area contributed by atoms with E-state index in [1.54, 1.807) is 28.3 Å². The van der Waals surface area contributed by atoms with E-state index in [0.29, 0.717) is 17.5 Å². The molecule has 0 saturated heterocycles. The molecule has 2 heterocycles. The summed E-state index contributed by atoms with van der Waals surface area (Å²) in [5.74, 6) is -1.26. The van der Waals surface area contributed by atoms with Gasteiger partial charge in [-0.25, -0.2) is 8.78 Å². The van der Waals surface area contributed by atoms with Crippen LogP contribution in [0.15, 0.2) is 35.7 Å². The number of benzene rings is 1. The molecule has 28 heavy (non-hydrogen) atoms. The Hall–Kier alpha value is -2.79. The van der Waals surface area contributed by atoms with Crippen LogP contribution in [0.1, 0.15) is 42.9 Å². The number of nitrogens with zero attached hydrogens (tertiary/aromatic N) is 5. The summed E-state index contributed by atoms with van der Waals surface area (Å²) >= 11 is 0. The van der Waals surface area contributed by atoms with Gasteiger partial charge in [-0.15, -0.1) is 0 Å². The number of aromatic nitrogens is 2. The predicted molar refractivity (Wildman–Crippen MR) is 95.7 cm³/mol. The van der Waals surface area contributed by atoms with Crippen LogP contribution in [0.3, 0.4) is 0 Å². The van der Waals surface area contributed by atoms with E-state index in [1.807, 2.05) is 0 Å². The lowest BCUT2D eigenvalue weighted by Crippen LogP contribution is -2.70. The van der Waals surface area contributed by atoms with E-state index in [2.05, 4.69) is 16.3 Å². The first-order chi connectivity index (χ1) is 13.4. The highest BCUT2D eigenvalue weighted by molar-refractivity contribution is 5.61. The van der Waals surface area contributed by atoms with Crippen LogP contribution in [0.4, 0.5) is 8.78 Å². The molecule has 6 rings (SSSR count). The van der Waals surface area contributed by atoms with Crippen molar-refractivity contribution in [3.63, 3.8) is 0 Å². The van der Waals surface area contributed by atoms with E-state index in [9.17, 15) is 13.9 Å². The Morgan fingerprint density at radius 2 is 1.96 bits per heavy atom. The van der Waals surface area contributed by atoms with Crippen LogP contribution >= 0.6 is 0 Å². The first-order valence-electron chi connectivity index (χ1n) is 9.30. The van der Waals surface area contributed by atoms with Gasteiger partial charge in [-0.05, 0) is 42.4 Å². The van der Waals surface area contributed by atoms with Gasteiger partial charge in [0.05, 0.1) is 17.8 Å². The third-order valence-corrected chi connectivity index (χ3v) is 6.37. The van der Waals surface area contributed by atoms with Crippen molar-refractivity contribution in [1.82, 2.24) is 14.8 Å². The molecular weight excluding hydrogens is 364 g/mol. The molecule has 144 valence electrons. The molecule has 3 saturated carbocycles. The first kappa shape index (κ1) is 17.3. The fourth-order valence-electron chi connectivity index (χ4n) is 5.38. The van der Waals surface area contributed by atoms with Gasteiger partial charge < -0.3 is 5.11 Å². The van der Waals surface area contributed by atoms with Gasteiger partial charge in [-0.3, -0.25) is 9.69 Å².